The van der Waals surface area contributed by atoms with Gasteiger partial charge in [-0.1, -0.05) is 24.3 Å². The Morgan fingerprint density at radius 3 is 2.54 bits per heavy atom. The lowest BCUT2D eigenvalue weighted by molar-refractivity contribution is 0.333. The van der Waals surface area contributed by atoms with Crippen molar-refractivity contribution in [3.8, 4) is 0 Å². The summed E-state index contributed by atoms with van der Waals surface area (Å²) in [6.07, 6.45) is 0. The molecule has 5 radical (unpaired) electrons. The first-order chi connectivity index (χ1) is 6.38. The maximum atomic E-state index is 5.44. The molecule has 0 unspecified atom stereocenters. The molecule has 0 aromatic heterocycles. The molecular formula is C7H7O3Si3. The van der Waals surface area contributed by atoms with E-state index in [4.69, 9.17) is 12.3 Å². The Morgan fingerprint density at radius 1 is 1.15 bits per heavy atom. The summed E-state index contributed by atoms with van der Waals surface area (Å²) < 4.78 is 15.9. The fourth-order valence-corrected chi connectivity index (χ4v) is 4.95. The molecule has 1 heterocycles. The van der Waals surface area contributed by atoms with Crippen molar-refractivity contribution in [2.45, 2.75) is 6.92 Å². The minimum atomic E-state index is -1.26. The minimum absolute atomic E-state index is 0.137. The minimum Gasteiger partial charge on any atom is -0.412 e. The van der Waals surface area contributed by atoms with Gasteiger partial charge in [-0.2, -0.15) is 0 Å². The molecule has 65 valence electrons. The quantitative estimate of drug-likeness (QED) is 0.618. The molecular weight excluding hydrogens is 216 g/mol. The molecule has 0 aliphatic carbocycles. The molecule has 1 aliphatic heterocycles. The average Bonchev–Trinajstić information content (AvgIpc) is 2.20. The molecule has 3 nitrogen and oxygen atoms in total. The first-order valence-electron chi connectivity index (χ1n) is 3.80. The third kappa shape index (κ3) is 2.16. The summed E-state index contributed by atoms with van der Waals surface area (Å²) in [6, 6.07) is 8.16. The predicted molar refractivity (Wildman–Crippen MR) is 51.3 cm³/mol. The third-order valence-electron chi connectivity index (χ3n) is 1.72. The molecule has 6 heteroatoms. The van der Waals surface area contributed by atoms with Gasteiger partial charge in [-0.3, -0.25) is 0 Å². The molecule has 1 fully saturated rings. The second-order valence-corrected chi connectivity index (χ2v) is 6.47. The van der Waals surface area contributed by atoms with Crippen LogP contribution in [0.3, 0.4) is 0 Å². The molecule has 0 N–H and O–H groups in total. The Kier molecular flexibility index (Phi) is 3.09. The van der Waals surface area contributed by atoms with Crippen LogP contribution in [0.25, 0.3) is 0 Å². The fourth-order valence-electron chi connectivity index (χ4n) is 1.07. The normalized spacial score (nSPS) is 18.8. The number of aryl methyl sites for hydroxylation is 1. The lowest BCUT2D eigenvalue weighted by Crippen LogP contribution is -2.45. The van der Waals surface area contributed by atoms with E-state index in [1.165, 1.54) is 10.8 Å². The first-order valence-corrected chi connectivity index (χ1v) is 6.75. The zero-order valence-corrected chi connectivity index (χ0v) is 10.0. The summed E-state index contributed by atoms with van der Waals surface area (Å²) >= 11 is 0. The van der Waals surface area contributed by atoms with Gasteiger partial charge in [-0.25, -0.2) is 0 Å². The van der Waals surface area contributed by atoms with Crippen molar-refractivity contribution in [1.29, 1.82) is 0 Å². The smallest absolute Gasteiger partial charge is 0.412 e. The predicted octanol–water partition coefficient (Wildman–Crippen LogP) is -0.178. The molecule has 1 aliphatic rings. The molecule has 2 rings (SSSR count). The van der Waals surface area contributed by atoms with Crippen molar-refractivity contribution in [2.75, 3.05) is 0 Å². The van der Waals surface area contributed by atoms with E-state index in [1.807, 2.05) is 12.1 Å². The van der Waals surface area contributed by atoms with Gasteiger partial charge in [-0.05, 0) is 17.7 Å². The van der Waals surface area contributed by atoms with E-state index < -0.39 is 9.28 Å². The Bertz CT molecular complexity index is 288. The molecule has 1 aromatic rings. The summed E-state index contributed by atoms with van der Waals surface area (Å²) in [5, 5.41) is 1.19. The van der Waals surface area contributed by atoms with Crippen LogP contribution in [-0.2, 0) is 12.3 Å². The number of benzene rings is 1. The van der Waals surface area contributed by atoms with Crippen LogP contribution in [0, 0.1) is 6.92 Å². The second kappa shape index (κ2) is 4.31. The highest BCUT2D eigenvalue weighted by atomic mass is 28.4. The van der Waals surface area contributed by atoms with E-state index in [0.29, 0.717) is 0 Å². The van der Waals surface area contributed by atoms with E-state index in [-0.39, 0.29) is 20.0 Å². The molecule has 1 saturated heterocycles. The number of hydrogen-bond donors (Lipinski definition) is 0. The molecule has 0 saturated carbocycles. The van der Waals surface area contributed by atoms with Crippen LogP contribution in [-0.4, -0.2) is 29.3 Å². The largest absolute Gasteiger partial charge is 0.413 e. The van der Waals surface area contributed by atoms with Crippen molar-refractivity contribution in [2.24, 2.45) is 0 Å². The van der Waals surface area contributed by atoms with Gasteiger partial charge >= 0.3 is 29.3 Å². The van der Waals surface area contributed by atoms with Crippen LogP contribution in [0.15, 0.2) is 24.3 Å². The van der Waals surface area contributed by atoms with Gasteiger partial charge in [0.05, 0.1) is 0 Å². The number of rotatable bonds is 1. The van der Waals surface area contributed by atoms with Crippen molar-refractivity contribution < 1.29 is 12.3 Å². The van der Waals surface area contributed by atoms with Crippen molar-refractivity contribution in [1.82, 2.24) is 0 Å². The fraction of sp³-hybridized carbons (Fsp3) is 0.143. The first kappa shape index (κ1) is 9.31. The molecule has 0 spiro atoms. The molecule has 13 heavy (non-hydrogen) atoms. The average molecular weight is 223 g/mol. The van der Waals surface area contributed by atoms with Crippen LogP contribution in [0.2, 0.25) is 0 Å². The van der Waals surface area contributed by atoms with Gasteiger partial charge in [0.1, 0.15) is 0 Å². The lowest BCUT2D eigenvalue weighted by Gasteiger charge is -2.19. The van der Waals surface area contributed by atoms with Crippen LogP contribution >= 0.6 is 0 Å². The van der Waals surface area contributed by atoms with E-state index in [2.05, 4.69) is 19.1 Å². The van der Waals surface area contributed by atoms with Gasteiger partial charge in [-0.15, -0.1) is 0 Å². The zero-order valence-electron chi connectivity index (χ0n) is 7.03. The monoisotopic (exact) mass is 223 g/mol. The lowest BCUT2D eigenvalue weighted by atomic mass is 10.2. The molecule has 1 aromatic carbocycles. The summed E-state index contributed by atoms with van der Waals surface area (Å²) in [7, 11) is -0.983. The highest BCUT2D eigenvalue weighted by molar-refractivity contribution is 6.71. The Balaban J connectivity index is 2.18. The van der Waals surface area contributed by atoms with Gasteiger partial charge < -0.3 is 12.3 Å². The second-order valence-electron chi connectivity index (χ2n) is 2.58. The van der Waals surface area contributed by atoms with Crippen molar-refractivity contribution in [3.05, 3.63) is 29.8 Å². The standard InChI is InChI=1S/C7H7O3Si3/c1-6-4-2-3-5-7(6)13-9-11-8-12-10-13/h2-5H,1H3. The topological polar surface area (TPSA) is 27.7 Å². The van der Waals surface area contributed by atoms with Gasteiger partial charge in [0.25, 0.3) is 0 Å². The van der Waals surface area contributed by atoms with Crippen LogP contribution in [0.1, 0.15) is 5.56 Å². The SMILES string of the molecule is Cc1ccccc1[Si]1O[Si]O[Si]O1. The van der Waals surface area contributed by atoms with Gasteiger partial charge in [0.15, 0.2) is 0 Å². The molecule has 0 amide bonds. The third-order valence-corrected chi connectivity index (χ3v) is 5.53. The number of hydrogen-bond acceptors (Lipinski definition) is 3. The van der Waals surface area contributed by atoms with Gasteiger partial charge in [0, 0.05) is 0 Å². The van der Waals surface area contributed by atoms with Crippen LogP contribution in [0.4, 0.5) is 0 Å². The van der Waals surface area contributed by atoms with E-state index in [9.17, 15) is 0 Å². The van der Waals surface area contributed by atoms with E-state index in [1.54, 1.807) is 0 Å². The summed E-state index contributed by atoms with van der Waals surface area (Å²) in [5.41, 5.74) is 1.23. The summed E-state index contributed by atoms with van der Waals surface area (Å²) in [5.74, 6) is 0. The highest BCUT2D eigenvalue weighted by Crippen LogP contribution is 2.00. The van der Waals surface area contributed by atoms with E-state index >= 15 is 0 Å². The maximum absolute atomic E-state index is 5.44. The summed E-state index contributed by atoms with van der Waals surface area (Å²) in [6.45, 7) is 2.07. The van der Waals surface area contributed by atoms with Gasteiger partial charge in [0.2, 0.25) is 0 Å². The highest BCUT2D eigenvalue weighted by Gasteiger charge is 2.25. The molecule has 0 atom stereocenters. The van der Waals surface area contributed by atoms with Crippen molar-refractivity contribution >= 4 is 34.5 Å². The Labute approximate surface area is 84.0 Å². The molecule has 0 bridgehead atoms. The zero-order chi connectivity index (χ0) is 9.10. The van der Waals surface area contributed by atoms with E-state index in [0.717, 1.165) is 0 Å². The van der Waals surface area contributed by atoms with Crippen molar-refractivity contribution in [3.63, 3.8) is 0 Å². The Hall–Kier alpha value is -0.249. The van der Waals surface area contributed by atoms with Crippen LogP contribution < -0.4 is 5.19 Å². The summed E-state index contributed by atoms with van der Waals surface area (Å²) in [4.78, 5) is 0. The van der Waals surface area contributed by atoms with Crippen LogP contribution in [0.5, 0.6) is 0 Å². The maximum Gasteiger partial charge on any atom is 0.413 e. The Morgan fingerprint density at radius 2 is 1.85 bits per heavy atom.